The zero-order valence-corrected chi connectivity index (χ0v) is 13.4. The van der Waals surface area contributed by atoms with Gasteiger partial charge in [0.1, 0.15) is 0 Å². The van der Waals surface area contributed by atoms with Gasteiger partial charge in [0.2, 0.25) is 0 Å². The van der Waals surface area contributed by atoms with Crippen LogP contribution in [0.5, 0.6) is 0 Å². The number of hydrogen-bond donors (Lipinski definition) is 0. The molecule has 0 N–H and O–H groups in total. The number of benzene rings is 1. The van der Waals surface area contributed by atoms with Gasteiger partial charge >= 0.3 is 0 Å². The molecule has 2 aromatic rings. The number of carbonyl (C=O) groups excluding carboxylic acids is 1. The summed E-state index contributed by atoms with van der Waals surface area (Å²) in [4.78, 5) is 15.0. The van der Waals surface area contributed by atoms with E-state index in [2.05, 4.69) is 22.9 Å². The van der Waals surface area contributed by atoms with E-state index in [1.807, 2.05) is 42.8 Å². The van der Waals surface area contributed by atoms with Crippen LogP contribution in [0.25, 0.3) is 0 Å². The van der Waals surface area contributed by atoms with Crippen LogP contribution in [-0.2, 0) is 13.0 Å². The number of amides is 1. The van der Waals surface area contributed by atoms with Gasteiger partial charge < -0.3 is 4.90 Å². The maximum Gasteiger partial charge on any atom is 0.264 e. The van der Waals surface area contributed by atoms with Crippen molar-refractivity contribution in [3.63, 3.8) is 0 Å². The molecule has 4 heteroatoms. The van der Waals surface area contributed by atoms with Gasteiger partial charge in [-0.05, 0) is 35.1 Å². The number of hydrogen-bond acceptors (Lipinski definition) is 2. The Balaban J connectivity index is 2.14. The third kappa shape index (κ3) is 3.25. The molecule has 2 nitrogen and oxygen atoms in total. The highest BCUT2D eigenvalue weighted by molar-refractivity contribution is 9.10. The van der Waals surface area contributed by atoms with Crippen LogP contribution in [0.15, 0.2) is 40.2 Å². The van der Waals surface area contributed by atoms with E-state index in [0.29, 0.717) is 6.54 Å². The minimum Gasteiger partial charge on any atom is -0.337 e. The maximum atomic E-state index is 12.4. The molecule has 0 saturated carbocycles. The highest BCUT2D eigenvalue weighted by Crippen LogP contribution is 2.22. The summed E-state index contributed by atoms with van der Waals surface area (Å²) in [6.45, 7) is 2.69. The second-order valence-corrected chi connectivity index (χ2v) is 6.15. The minimum atomic E-state index is 0.0996. The van der Waals surface area contributed by atoms with Gasteiger partial charge in [0, 0.05) is 18.1 Å². The molecule has 0 aliphatic rings. The highest BCUT2D eigenvalue weighted by atomic mass is 79.9. The van der Waals surface area contributed by atoms with Gasteiger partial charge in [-0.2, -0.15) is 0 Å². The largest absolute Gasteiger partial charge is 0.337 e. The van der Waals surface area contributed by atoms with Gasteiger partial charge in [0.25, 0.3) is 5.91 Å². The smallest absolute Gasteiger partial charge is 0.264 e. The van der Waals surface area contributed by atoms with E-state index in [9.17, 15) is 4.79 Å². The SMILES string of the molecule is CCc1ccsc1C(=O)N(C)Cc1ccccc1Br. The van der Waals surface area contributed by atoms with Gasteiger partial charge in [-0.1, -0.05) is 41.1 Å². The third-order valence-corrected chi connectivity index (χ3v) is 4.75. The molecule has 0 radical (unpaired) electrons. The standard InChI is InChI=1S/C15H16BrNOS/c1-3-11-8-9-19-14(11)15(18)17(2)10-12-6-4-5-7-13(12)16/h4-9H,3,10H2,1-2H3. The van der Waals surface area contributed by atoms with E-state index in [1.54, 1.807) is 4.90 Å². The van der Waals surface area contributed by atoms with Crippen LogP contribution < -0.4 is 0 Å². The Bertz CT molecular complexity index is 579. The molecule has 0 saturated heterocycles. The summed E-state index contributed by atoms with van der Waals surface area (Å²) < 4.78 is 1.04. The number of rotatable bonds is 4. The average Bonchev–Trinajstić information content (AvgIpc) is 2.88. The van der Waals surface area contributed by atoms with Crippen LogP contribution >= 0.6 is 27.3 Å². The van der Waals surface area contributed by atoms with Crippen LogP contribution in [0.4, 0.5) is 0 Å². The number of aryl methyl sites for hydroxylation is 1. The summed E-state index contributed by atoms with van der Waals surface area (Å²) in [6, 6.07) is 10.0. The first-order valence-electron chi connectivity index (χ1n) is 6.18. The first-order valence-corrected chi connectivity index (χ1v) is 7.86. The van der Waals surface area contributed by atoms with Gasteiger partial charge in [0.05, 0.1) is 4.88 Å². The van der Waals surface area contributed by atoms with E-state index in [-0.39, 0.29) is 5.91 Å². The fourth-order valence-corrected chi connectivity index (χ4v) is 3.33. The lowest BCUT2D eigenvalue weighted by molar-refractivity contribution is 0.0788. The molecule has 100 valence electrons. The fourth-order valence-electron chi connectivity index (χ4n) is 1.93. The molecule has 1 aromatic carbocycles. The van der Waals surface area contributed by atoms with E-state index >= 15 is 0 Å². The average molecular weight is 338 g/mol. The van der Waals surface area contributed by atoms with Crippen LogP contribution in [0, 0.1) is 0 Å². The molecule has 0 fully saturated rings. The Morgan fingerprint density at radius 1 is 1.26 bits per heavy atom. The van der Waals surface area contributed by atoms with Crippen LogP contribution in [0.1, 0.15) is 27.7 Å². The second kappa shape index (κ2) is 6.35. The zero-order valence-electron chi connectivity index (χ0n) is 11.0. The summed E-state index contributed by atoms with van der Waals surface area (Å²) in [6.07, 6.45) is 0.896. The molecule has 0 bridgehead atoms. The Kier molecular flexibility index (Phi) is 4.77. The van der Waals surface area contributed by atoms with Crippen LogP contribution in [0.3, 0.4) is 0 Å². The van der Waals surface area contributed by atoms with Crippen molar-refractivity contribution in [2.45, 2.75) is 19.9 Å². The maximum absolute atomic E-state index is 12.4. The van der Waals surface area contributed by atoms with E-state index in [0.717, 1.165) is 26.9 Å². The number of thiophene rings is 1. The topological polar surface area (TPSA) is 20.3 Å². The van der Waals surface area contributed by atoms with Crippen molar-refractivity contribution in [3.8, 4) is 0 Å². The van der Waals surface area contributed by atoms with Gasteiger partial charge in [-0.25, -0.2) is 0 Å². The van der Waals surface area contributed by atoms with Crippen molar-refractivity contribution >= 4 is 33.2 Å². The lowest BCUT2D eigenvalue weighted by Gasteiger charge is -2.18. The Labute approximate surface area is 126 Å². The molecule has 19 heavy (non-hydrogen) atoms. The second-order valence-electron chi connectivity index (χ2n) is 4.38. The first kappa shape index (κ1) is 14.3. The molecule has 1 aromatic heterocycles. The van der Waals surface area contributed by atoms with Gasteiger partial charge in [0.15, 0.2) is 0 Å². The van der Waals surface area contributed by atoms with E-state index in [1.165, 1.54) is 11.3 Å². The van der Waals surface area contributed by atoms with Gasteiger partial charge in [-0.15, -0.1) is 11.3 Å². The molecule has 0 atom stereocenters. The lowest BCUT2D eigenvalue weighted by Crippen LogP contribution is -2.26. The Hall–Kier alpha value is -1.13. The minimum absolute atomic E-state index is 0.0996. The predicted molar refractivity (Wildman–Crippen MR) is 83.6 cm³/mol. The van der Waals surface area contributed by atoms with Crippen molar-refractivity contribution in [2.24, 2.45) is 0 Å². The summed E-state index contributed by atoms with van der Waals surface area (Å²) in [7, 11) is 1.85. The fraction of sp³-hybridized carbons (Fsp3) is 0.267. The number of nitrogens with zero attached hydrogens (tertiary/aromatic N) is 1. The number of halogens is 1. The summed E-state index contributed by atoms with van der Waals surface area (Å²) in [5.41, 5.74) is 2.25. The molecule has 0 spiro atoms. The normalized spacial score (nSPS) is 10.5. The Morgan fingerprint density at radius 2 is 2.00 bits per heavy atom. The van der Waals surface area contributed by atoms with Crippen molar-refractivity contribution < 1.29 is 4.79 Å². The quantitative estimate of drug-likeness (QED) is 0.812. The molecule has 0 unspecified atom stereocenters. The lowest BCUT2D eigenvalue weighted by atomic mass is 10.2. The number of carbonyl (C=O) groups is 1. The molecule has 0 aliphatic heterocycles. The van der Waals surface area contributed by atoms with Crippen LogP contribution in [-0.4, -0.2) is 17.9 Å². The summed E-state index contributed by atoms with van der Waals surface area (Å²) in [5.74, 6) is 0.0996. The van der Waals surface area contributed by atoms with Crippen molar-refractivity contribution in [3.05, 3.63) is 56.2 Å². The molecular formula is C15H16BrNOS. The molecule has 2 rings (SSSR count). The Morgan fingerprint density at radius 3 is 2.68 bits per heavy atom. The van der Waals surface area contributed by atoms with Gasteiger partial charge in [-0.3, -0.25) is 4.79 Å². The van der Waals surface area contributed by atoms with Crippen molar-refractivity contribution in [1.82, 2.24) is 4.90 Å². The summed E-state index contributed by atoms with van der Waals surface area (Å²) >= 11 is 5.04. The highest BCUT2D eigenvalue weighted by Gasteiger charge is 2.17. The predicted octanol–water partition coefficient (Wildman–Crippen LogP) is 4.35. The molecule has 1 amide bonds. The molecule has 1 heterocycles. The first-order chi connectivity index (χ1) is 9.13. The molecule has 0 aliphatic carbocycles. The molecular weight excluding hydrogens is 322 g/mol. The van der Waals surface area contributed by atoms with E-state index < -0.39 is 0 Å². The zero-order chi connectivity index (χ0) is 13.8. The van der Waals surface area contributed by atoms with Crippen molar-refractivity contribution in [2.75, 3.05) is 7.05 Å². The summed E-state index contributed by atoms with van der Waals surface area (Å²) in [5, 5.41) is 1.98. The monoisotopic (exact) mass is 337 g/mol. The van der Waals surface area contributed by atoms with Crippen molar-refractivity contribution in [1.29, 1.82) is 0 Å². The van der Waals surface area contributed by atoms with E-state index in [4.69, 9.17) is 0 Å². The third-order valence-electron chi connectivity index (χ3n) is 3.03. The van der Waals surface area contributed by atoms with Crippen LogP contribution in [0.2, 0.25) is 0 Å².